The van der Waals surface area contributed by atoms with E-state index in [1.165, 1.54) is 30.5 Å². The molecule has 164 valence electrons. The van der Waals surface area contributed by atoms with Crippen molar-refractivity contribution in [1.29, 1.82) is 0 Å². The minimum Gasteiger partial charge on any atom is -0.453 e. The van der Waals surface area contributed by atoms with Gasteiger partial charge in [0.25, 0.3) is 0 Å². The van der Waals surface area contributed by atoms with Crippen molar-refractivity contribution >= 4 is 23.6 Å². The number of hydrogen-bond acceptors (Lipinski definition) is 4. The van der Waals surface area contributed by atoms with E-state index in [-0.39, 0.29) is 18.2 Å². The molecule has 0 radical (unpaired) electrons. The summed E-state index contributed by atoms with van der Waals surface area (Å²) in [5.74, 6) is -0.890. The third kappa shape index (κ3) is 6.25. The van der Waals surface area contributed by atoms with Crippen molar-refractivity contribution in [1.82, 2.24) is 10.3 Å². The molecule has 0 saturated heterocycles. The summed E-state index contributed by atoms with van der Waals surface area (Å²) in [5, 5.41) is 5.34. The fraction of sp³-hybridized carbons (Fsp3) is 0.160. The van der Waals surface area contributed by atoms with Crippen LogP contribution in [0.25, 0.3) is 6.08 Å². The Kier molecular flexibility index (Phi) is 7.33. The number of pyridine rings is 1. The van der Waals surface area contributed by atoms with Crippen LogP contribution in [0.15, 0.2) is 60.9 Å². The number of nitrogens with zero attached hydrogens (tertiary/aromatic N) is 1. The van der Waals surface area contributed by atoms with Crippen molar-refractivity contribution in [2.24, 2.45) is 0 Å². The van der Waals surface area contributed by atoms with E-state index in [0.29, 0.717) is 11.3 Å². The van der Waals surface area contributed by atoms with Gasteiger partial charge in [0.2, 0.25) is 11.8 Å². The first kappa shape index (κ1) is 22.7. The number of halogens is 1. The molecular weight excluding hydrogens is 409 g/mol. The van der Waals surface area contributed by atoms with Crippen molar-refractivity contribution < 1.29 is 18.7 Å². The van der Waals surface area contributed by atoms with Crippen LogP contribution in [0.2, 0.25) is 0 Å². The van der Waals surface area contributed by atoms with Crippen LogP contribution in [-0.2, 0) is 9.59 Å². The van der Waals surface area contributed by atoms with E-state index in [1.807, 2.05) is 32.9 Å². The smallest absolute Gasteiger partial charge is 0.244 e. The second-order valence-electron chi connectivity index (χ2n) is 7.35. The molecular formula is C25H24FN3O3. The van der Waals surface area contributed by atoms with Crippen LogP contribution in [0.1, 0.15) is 22.3 Å². The molecule has 6 nitrogen and oxygen atoms in total. The van der Waals surface area contributed by atoms with Crippen LogP contribution in [-0.4, -0.2) is 23.3 Å². The number of ether oxygens (including phenoxy) is 1. The first-order chi connectivity index (χ1) is 15.3. The maximum absolute atomic E-state index is 14.3. The molecule has 32 heavy (non-hydrogen) atoms. The molecule has 0 saturated carbocycles. The highest BCUT2D eigenvalue weighted by Crippen LogP contribution is 2.25. The molecule has 0 bridgehead atoms. The number of aromatic nitrogens is 1. The second kappa shape index (κ2) is 10.3. The third-order valence-corrected chi connectivity index (χ3v) is 4.61. The fourth-order valence-electron chi connectivity index (χ4n) is 3.20. The zero-order valence-electron chi connectivity index (χ0n) is 18.1. The number of carbonyl (C=O) groups excluding carboxylic acids is 2. The SMILES string of the molecule is Cc1cc(C)c(NC(=O)CNC(=O)/C=C/c2ccc(Oc3cccnc3)c(F)c2)c(C)c1. The third-order valence-electron chi connectivity index (χ3n) is 4.61. The number of amides is 2. The van der Waals surface area contributed by atoms with E-state index in [0.717, 1.165) is 22.4 Å². The summed E-state index contributed by atoms with van der Waals surface area (Å²) in [4.78, 5) is 28.1. The highest BCUT2D eigenvalue weighted by atomic mass is 19.1. The number of rotatable bonds is 7. The van der Waals surface area contributed by atoms with Crippen molar-refractivity contribution in [3.05, 3.63) is 89.0 Å². The summed E-state index contributed by atoms with van der Waals surface area (Å²) in [6.07, 6.45) is 5.77. The molecule has 2 aromatic carbocycles. The van der Waals surface area contributed by atoms with Gasteiger partial charge < -0.3 is 15.4 Å². The van der Waals surface area contributed by atoms with Gasteiger partial charge in [0.1, 0.15) is 5.75 Å². The Balaban J connectivity index is 1.53. The van der Waals surface area contributed by atoms with Crippen molar-refractivity contribution in [3.8, 4) is 11.5 Å². The van der Waals surface area contributed by atoms with Gasteiger partial charge in [-0.15, -0.1) is 0 Å². The Morgan fingerprint density at radius 1 is 1.09 bits per heavy atom. The molecule has 1 heterocycles. The molecule has 7 heteroatoms. The Morgan fingerprint density at radius 2 is 1.84 bits per heavy atom. The molecule has 0 atom stereocenters. The summed E-state index contributed by atoms with van der Waals surface area (Å²) < 4.78 is 19.7. The lowest BCUT2D eigenvalue weighted by Crippen LogP contribution is -2.32. The zero-order valence-corrected chi connectivity index (χ0v) is 18.1. The molecule has 3 rings (SSSR count). The van der Waals surface area contributed by atoms with E-state index >= 15 is 0 Å². The molecule has 0 aliphatic rings. The van der Waals surface area contributed by atoms with Gasteiger partial charge in [0, 0.05) is 18.0 Å². The zero-order chi connectivity index (χ0) is 23.1. The van der Waals surface area contributed by atoms with Crippen molar-refractivity contribution in [3.63, 3.8) is 0 Å². The van der Waals surface area contributed by atoms with Gasteiger partial charge in [0.05, 0.1) is 12.7 Å². The summed E-state index contributed by atoms with van der Waals surface area (Å²) in [7, 11) is 0. The van der Waals surface area contributed by atoms with Gasteiger partial charge in [-0.25, -0.2) is 4.39 Å². The predicted octanol–water partition coefficient (Wildman–Crippen LogP) is 4.71. The summed E-state index contributed by atoms with van der Waals surface area (Å²) in [6.45, 7) is 5.65. The van der Waals surface area contributed by atoms with Crippen LogP contribution in [0.5, 0.6) is 11.5 Å². The Bertz CT molecular complexity index is 1140. The topological polar surface area (TPSA) is 80.3 Å². The number of benzene rings is 2. The molecule has 0 spiro atoms. The molecule has 3 aromatic rings. The Hall–Kier alpha value is -4.00. The molecule has 0 aliphatic heterocycles. The van der Waals surface area contributed by atoms with Crippen LogP contribution in [0, 0.1) is 26.6 Å². The summed E-state index contributed by atoms with van der Waals surface area (Å²) in [6, 6.07) is 11.7. The average Bonchev–Trinajstić information content (AvgIpc) is 2.75. The van der Waals surface area contributed by atoms with Crippen LogP contribution in [0.4, 0.5) is 10.1 Å². The van der Waals surface area contributed by atoms with Gasteiger partial charge in [-0.1, -0.05) is 23.8 Å². The lowest BCUT2D eigenvalue weighted by molar-refractivity contribution is -0.121. The lowest BCUT2D eigenvalue weighted by Gasteiger charge is -2.13. The van der Waals surface area contributed by atoms with Crippen molar-refractivity contribution in [2.45, 2.75) is 20.8 Å². The molecule has 0 fully saturated rings. The Morgan fingerprint density at radius 3 is 2.50 bits per heavy atom. The number of carbonyl (C=O) groups is 2. The summed E-state index contributed by atoms with van der Waals surface area (Å²) in [5.41, 5.74) is 4.26. The van der Waals surface area contributed by atoms with E-state index in [2.05, 4.69) is 15.6 Å². The monoisotopic (exact) mass is 433 g/mol. The number of aryl methyl sites for hydroxylation is 3. The maximum atomic E-state index is 14.3. The van der Waals surface area contributed by atoms with Gasteiger partial charge in [-0.2, -0.15) is 0 Å². The number of anilines is 1. The molecule has 0 aliphatic carbocycles. The van der Waals surface area contributed by atoms with Gasteiger partial charge in [-0.3, -0.25) is 14.6 Å². The highest BCUT2D eigenvalue weighted by Gasteiger charge is 2.09. The first-order valence-corrected chi connectivity index (χ1v) is 10.0. The number of nitrogens with one attached hydrogen (secondary N) is 2. The van der Waals surface area contributed by atoms with Gasteiger partial charge >= 0.3 is 0 Å². The lowest BCUT2D eigenvalue weighted by atomic mass is 10.1. The first-order valence-electron chi connectivity index (χ1n) is 10.0. The van der Waals surface area contributed by atoms with Crippen molar-refractivity contribution in [2.75, 3.05) is 11.9 Å². The molecule has 2 N–H and O–H groups in total. The quantitative estimate of drug-likeness (QED) is 0.529. The van der Waals surface area contributed by atoms with E-state index in [4.69, 9.17) is 4.74 Å². The van der Waals surface area contributed by atoms with Crippen LogP contribution < -0.4 is 15.4 Å². The van der Waals surface area contributed by atoms with Gasteiger partial charge in [-0.05, 0) is 67.8 Å². The normalized spacial score (nSPS) is 10.8. The van der Waals surface area contributed by atoms with Crippen LogP contribution >= 0.6 is 0 Å². The summed E-state index contributed by atoms with van der Waals surface area (Å²) >= 11 is 0. The highest BCUT2D eigenvalue weighted by molar-refractivity contribution is 5.98. The van der Waals surface area contributed by atoms with Crippen LogP contribution in [0.3, 0.4) is 0 Å². The average molecular weight is 433 g/mol. The molecule has 2 amide bonds. The predicted molar refractivity (Wildman–Crippen MR) is 122 cm³/mol. The Labute approximate surface area is 186 Å². The maximum Gasteiger partial charge on any atom is 0.244 e. The number of hydrogen-bond donors (Lipinski definition) is 2. The molecule has 1 aromatic heterocycles. The molecule has 0 unspecified atom stereocenters. The minimum atomic E-state index is -0.570. The second-order valence-corrected chi connectivity index (χ2v) is 7.35. The van der Waals surface area contributed by atoms with E-state index < -0.39 is 11.7 Å². The standard InChI is InChI=1S/C25H24FN3O3/c1-16-11-17(2)25(18(3)12-16)29-24(31)15-28-23(30)9-7-19-6-8-22(21(26)13-19)32-20-5-4-10-27-14-20/h4-14H,15H2,1-3H3,(H,28,30)(H,29,31)/b9-7+. The minimum absolute atomic E-state index is 0.0537. The van der Waals surface area contributed by atoms with E-state index in [9.17, 15) is 14.0 Å². The van der Waals surface area contributed by atoms with Gasteiger partial charge in [0.15, 0.2) is 11.6 Å². The fourth-order valence-corrected chi connectivity index (χ4v) is 3.20. The largest absolute Gasteiger partial charge is 0.453 e. The van der Waals surface area contributed by atoms with E-state index in [1.54, 1.807) is 24.4 Å².